The zero-order chi connectivity index (χ0) is 14.7. The highest BCUT2D eigenvalue weighted by Gasteiger charge is 2.16. The third-order valence-corrected chi connectivity index (χ3v) is 3.46. The number of nitrogen functional groups attached to an aromatic ring is 1. The largest absolute Gasteiger partial charge is 0.465 e. The predicted molar refractivity (Wildman–Crippen MR) is 84.6 cm³/mol. The molecule has 2 rings (SSSR count). The molecule has 3 N–H and O–H groups in total. The van der Waals surface area contributed by atoms with Crippen molar-refractivity contribution in [3.05, 3.63) is 51.5 Å². The number of halogens is 2. The minimum atomic E-state index is -0.501. The zero-order valence-corrected chi connectivity index (χ0v) is 13.0. The highest BCUT2D eigenvalue weighted by Crippen LogP contribution is 2.32. The van der Waals surface area contributed by atoms with Crippen molar-refractivity contribution < 1.29 is 9.53 Å². The fraction of sp³-hybridized carbons (Fsp3) is 0.0714. The van der Waals surface area contributed by atoms with Gasteiger partial charge < -0.3 is 15.8 Å². The maximum atomic E-state index is 11.8. The number of hydrogen-bond acceptors (Lipinski definition) is 4. The van der Waals surface area contributed by atoms with E-state index in [-0.39, 0.29) is 0 Å². The molecule has 0 aliphatic rings. The molecule has 6 heteroatoms. The Balaban J connectivity index is 2.44. The van der Waals surface area contributed by atoms with E-state index in [0.717, 1.165) is 10.2 Å². The van der Waals surface area contributed by atoms with Gasteiger partial charge in [0.05, 0.1) is 23.4 Å². The lowest BCUT2D eigenvalue weighted by molar-refractivity contribution is 0.0602. The second-order valence-electron chi connectivity index (χ2n) is 4.05. The van der Waals surface area contributed by atoms with Crippen LogP contribution in [0.4, 0.5) is 17.1 Å². The summed E-state index contributed by atoms with van der Waals surface area (Å²) < 4.78 is 5.70. The predicted octanol–water partition coefficient (Wildman–Crippen LogP) is 4.21. The number of ether oxygens (including phenoxy) is 1. The Morgan fingerprint density at radius 3 is 2.55 bits per heavy atom. The van der Waals surface area contributed by atoms with E-state index in [9.17, 15) is 4.79 Å². The van der Waals surface area contributed by atoms with Gasteiger partial charge in [0, 0.05) is 15.8 Å². The molecule has 0 heterocycles. The Morgan fingerprint density at radius 2 is 1.95 bits per heavy atom. The van der Waals surface area contributed by atoms with Crippen molar-refractivity contribution in [3.63, 3.8) is 0 Å². The number of nitrogens with one attached hydrogen (secondary N) is 1. The SMILES string of the molecule is COC(=O)c1cc(N)cc(Cl)c1Nc1ccc(Br)cc1. The van der Waals surface area contributed by atoms with Gasteiger partial charge in [-0.25, -0.2) is 4.79 Å². The van der Waals surface area contributed by atoms with Crippen LogP contribution in [0.2, 0.25) is 5.02 Å². The van der Waals surface area contributed by atoms with E-state index >= 15 is 0 Å². The molecule has 0 aromatic heterocycles. The first kappa shape index (κ1) is 14.7. The minimum Gasteiger partial charge on any atom is -0.465 e. The van der Waals surface area contributed by atoms with Gasteiger partial charge in [0.15, 0.2) is 0 Å². The van der Waals surface area contributed by atoms with Gasteiger partial charge in [0.1, 0.15) is 0 Å². The molecule has 0 fully saturated rings. The average Bonchev–Trinajstić information content (AvgIpc) is 2.42. The lowest BCUT2D eigenvalue weighted by Gasteiger charge is -2.13. The second kappa shape index (κ2) is 6.15. The molecule has 0 aliphatic heterocycles. The normalized spacial score (nSPS) is 10.2. The lowest BCUT2D eigenvalue weighted by atomic mass is 10.1. The molecular formula is C14H12BrClN2O2. The smallest absolute Gasteiger partial charge is 0.340 e. The highest BCUT2D eigenvalue weighted by molar-refractivity contribution is 9.10. The molecule has 0 saturated heterocycles. The first-order chi connectivity index (χ1) is 9.51. The number of carbonyl (C=O) groups is 1. The van der Waals surface area contributed by atoms with Gasteiger partial charge in [-0.15, -0.1) is 0 Å². The van der Waals surface area contributed by atoms with Crippen molar-refractivity contribution in [1.82, 2.24) is 0 Å². The van der Waals surface area contributed by atoms with Crippen molar-refractivity contribution in [2.24, 2.45) is 0 Å². The number of rotatable bonds is 3. The molecule has 2 aromatic rings. The van der Waals surface area contributed by atoms with E-state index in [4.69, 9.17) is 22.1 Å². The van der Waals surface area contributed by atoms with Crippen molar-refractivity contribution >= 4 is 50.6 Å². The molecule has 0 aliphatic carbocycles. The van der Waals surface area contributed by atoms with Gasteiger partial charge in [0.2, 0.25) is 0 Å². The zero-order valence-electron chi connectivity index (χ0n) is 10.6. The van der Waals surface area contributed by atoms with Gasteiger partial charge in [-0.05, 0) is 36.4 Å². The van der Waals surface area contributed by atoms with Gasteiger partial charge in [-0.1, -0.05) is 27.5 Å². The minimum absolute atomic E-state index is 0.292. The summed E-state index contributed by atoms with van der Waals surface area (Å²) in [5.74, 6) is -0.501. The number of methoxy groups -OCH3 is 1. The van der Waals surface area contributed by atoms with Crippen LogP contribution >= 0.6 is 27.5 Å². The van der Waals surface area contributed by atoms with E-state index in [0.29, 0.717) is 22.0 Å². The Bertz CT molecular complexity index is 644. The molecule has 0 saturated carbocycles. The summed E-state index contributed by atoms with van der Waals surface area (Å²) >= 11 is 9.52. The quantitative estimate of drug-likeness (QED) is 0.639. The molecular weight excluding hydrogens is 344 g/mol. The number of esters is 1. The van der Waals surface area contributed by atoms with Crippen molar-refractivity contribution in [2.45, 2.75) is 0 Å². The molecule has 0 bridgehead atoms. The summed E-state index contributed by atoms with van der Waals surface area (Å²) in [6.07, 6.45) is 0. The number of anilines is 3. The molecule has 104 valence electrons. The van der Waals surface area contributed by atoms with E-state index in [1.54, 1.807) is 6.07 Å². The van der Waals surface area contributed by atoms with Crippen LogP contribution in [0.15, 0.2) is 40.9 Å². The number of benzene rings is 2. The van der Waals surface area contributed by atoms with E-state index in [1.807, 2.05) is 24.3 Å². The number of hydrogen-bond donors (Lipinski definition) is 2. The van der Waals surface area contributed by atoms with Crippen molar-refractivity contribution in [2.75, 3.05) is 18.2 Å². The maximum Gasteiger partial charge on any atom is 0.340 e. The second-order valence-corrected chi connectivity index (χ2v) is 5.37. The highest BCUT2D eigenvalue weighted by atomic mass is 79.9. The molecule has 0 atom stereocenters. The molecule has 0 amide bonds. The van der Waals surface area contributed by atoms with Crippen LogP contribution in [0.25, 0.3) is 0 Å². The van der Waals surface area contributed by atoms with Gasteiger partial charge >= 0.3 is 5.97 Å². The van der Waals surface area contributed by atoms with Crippen LogP contribution in [0.1, 0.15) is 10.4 Å². The van der Waals surface area contributed by atoms with Crippen molar-refractivity contribution in [1.29, 1.82) is 0 Å². The Morgan fingerprint density at radius 1 is 1.30 bits per heavy atom. The fourth-order valence-corrected chi connectivity index (χ4v) is 2.24. The van der Waals surface area contributed by atoms with Crippen LogP contribution in [0.5, 0.6) is 0 Å². The third kappa shape index (κ3) is 3.23. The monoisotopic (exact) mass is 354 g/mol. The van der Waals surface area contributed by atoms with Crippen LogP contribution in [0.3, 0.4) is 0 Å². The summed E-state index contributed by atoms with van der Waals surface area (Å²) in [6, 6.07) is 10.6. The molecule has 20 heavy (non-hydrogen) atoms. The Labute approximate surface area is 130 Å². The summed E-state index contributed by atoms with van der Waals surface area (Å²) in [6.45, 7) is 0. The number of carbonyl (C=O) groups excluding carboxylic acids is 1. The van der Waals surface area contributed by atoms with Crippen LogP contribution < -0.4 is 11.1 Å². The first-order valence-corrected chi connectivity index (χ1v) is 6.88. The Hall–Kier alpha value is -1.72. The summed E-state index contributed by atoms with van der Waals surface area (Å²) in [5.41, 5.74) is 7.66. The van der Waals surface area contributed by atoms with E-state index in [1.165, 1.54) is 13.2 Å². The maximum absolute atomic E-state index is 11.8. The summed E-state index contributed by atoms with van der Waals surface area (Å²) in [5, 5.41) is 3.46. The van der Waals surface area contributed by atoms with E-state index in [2.05, 4.69) is 21.2 Å². The number of nitrogens with two attached hydrogens (primary N) is 1. The Kier molecular flexibility index (Phi) is 4.52. The first-order valence-electron chi connectivity index (χ1n) is 5.71. The topological polar surface area (TPSA) is 64.3 Å². The van der Waals surface area contributed by atoms with Gasteiger partial charge in [-0.2, -0.15) is 0 Å². The molecule has 0 spiro atoms. The standard InChI is InChI=1S/C14H12BrClN2O2/c1-20-14(19)11-6-9(17)7-12(16)13(11)18-10-4-2-8(15)3-5-10/h2-7,18H,17H2,1H3. The van der Waals surface area contributed by atoms with Crippen LogP contribution in [0, 0.1) is 0 Å². The summed E-state index contributed by atoms with van der Waals surface area (Å²) in [4.78, 5) is 11.8. The third-order valence-electron chi connectivity index (χ3n) is 2.63. The van der Waals surface area contributed by atoms with E-state index < -0.39 is 5.97 Å². The van der Waals surface area contributed by atoms with Gasteiger partial charge in [0.25, 0.3) is 0 Å². The van der Waals surface area contributed by atoms with Crippen molar-refractivity contribution in [3.8, 4) is 0 Å². The van der Waals surface area contributed by atoms with Crippen LogP contribution in [-0.2, 0) is 4.74 Å². The average molecular weight is 356 g/mol. The summed E-state index contributed by atoms with van der Waals surface area (Å²) in [7, 11) is 1.31. The van der Waals surface area contributed by atoms with Gasteiger partial charge in [-0.3, -0.25) is 0 Å². The molecule has 0 radical (unpaired) electrons. The molecule has 4 nitrogen and oxygen atoms in total. The fourth-order valence-electron chi connectivity index (χ4n) is 1.70. The lowest BCUT2D eigenvalue weighted by Crippen LogP contribution is -2.07. The van der Waals surface area contributed by atoms with Crippen LogP contribution in [-0.4, -0.2) is 13.1 Å². The molecule has 0 unspecified atom stereocenters. The molecule has 2 aromatic carbocycles.